The summed E-state index contributed by atoms with van der Waals surface area (Å²) >= 11 is 3.45. The monoisotopic (exact) mass is 387 g/mol. The Labute approximate surface area is 151 Å². The van der Waals surface area contributed by atoms with Crippen molar-refractivity contribution in [2.75, 3.05) is 38.0 Å². The summed E-state index contributed by atoms with van der Waals surface area (Å²) in [5.74, 6) is 0.0402. The molecule has 2 aromatic rings. The minimum Gasteiger partial charge on any atom is -0.324 e. The molecule has 1 heterocycles. The number of piperazine rings is 1. The molecule has 1 aliphatic rings. The first-order chi connectivity index (χ1) is 11.7. The molecule has 0 aromatic heterocycles. The summed E-state index contributed by atoms with van der Waals surface area (Å²) < 4.78 is 0.908. The van der Waals surface area contributed by atoms with Gasteiger partial charge in [-0.25, -0.2) is 0 Å². The molecule has 5 heteroatoms. The van der Waals surface area contributed by atoms with Crippen LogP contribution in [0.2, 0.25) is 0 Å². The fourth-order valence-corrected chi connectivity index (χ4v) is 3.29. The second kappa shape index (κ2) is 8.42. The number of para-hydroxylation sites is 1. The summed E-state index contributed by atoms with van der Waals surface area (Å²) in [5.41, 5.74) is 2.17. The molecule has 1 saturated heterocycles. The van der Waals surface area contributed by atoms with Crippen LogP contribution in [0.25, 0.3) is 0 Å². The van der Waals surface area contributed by atoms with Crippen LogP contribution in [-0.4, -0.2) is 48.4 Å². The van der Waals surface area contributed by atoms with Crippen LogP contribution in [0.5, 0.6) is 0 Å². The number of hydrogen-bond donors (Lipinski definition) is 1. The molecule has 0 aliphatic carbocycles. The topological polar surface area (TPSA) is 35.6 Å². The van der Waals surface area contributed by atoms with Crippen molar-refractivity contribution in [3.63, 3.8) is 0 Å². The zero-order chi connectivity index (χ0) is 16.8. The normalized spacial score (nSPS) is 16.0. The predicted molar refractivity (Wildman–Crippen MR) is 101 cm³/mol. The zero-order valence-electron chi connectivity index (χ0n) is 13.6. The van der Waals surface area contributed by atoms with E-state index in [4.69, 9.17) is 0 Å². The number of amides is 1. The molecule has 0 spiro atoms. The highest BCUT2D eigenvalue weighted by Crippen LogP contribution is 2.21. The maximum absolute atomic E-state index is 12.2. The van der Waals surface area contributed by atoms with Crippen LogP contribution in [0.3, 0.4) is 0 Å². The average Bonchev–Trinajstić information content (AvgIpc) is 2.60. The van der Waals surface area contributed by atoms with Gasteiger partial charge >= 0.3 is 0 Å². The predicted octanol–water partition coefficient (Wildman–Crippen LogP) is 3.21. The van der Waals surface area contributed by atoms with Gasteiger partial charge in [0.2, 0.25) is 5.91 Å². The van der Waals surface area contributed by atoms with Crippen LogP contribution in [-0.2, 0) is 11.3 Å². The number of halogens is 1. The summed E-state index contributed by atoms with van der Waals surface area (Å²) in [5, 5.41) is 2.97. The van der Waals surface area contributed by atoms with Crippen LogP contribution >= 0.6 is 15.9 Å². The smallest absolute Gasteiger partial charge is 0.238 e. The second-order valence-electron chi connectivity index (χ2n) is 6.07. The molecular weight excluding hydrogens is 366 g/mol. The van der Waals surface area contributed by atoms with E-state index in [1.54, 1.807) is 0 Å². The Bertz CT molecular complexity index is 669. The van der Waals surface area contributed by atoms with Gasteiger partial charge in [-0.2, -0.15) is 0 Å². The lowest BCUT2D eigenvalue weighted by Gasteiger charge is -2.34. The number of nitrogens with one attached hydrogen (secondary N) is 1. The van der Waals surface area contributed by atoms with Gasteiger partial charge in [0.05, 0.1) is 12.2 Å². The van der Waals surface area contributed by atoms with Crippen molar-refractivity contribution in [2.45, 2.75) is 6.54 Å². The summed E-state index contributed by atoms with van der Waals surface area (Å²) in [6, 6.07) is 18.2. The lowest BCUT2D eigenvalue weighted by molar-refractivity contribution is -0.117. The van der Waals surface area contributed by atoms with Crippen molar-refractivity contribution in [2.24, 2.45) is 0 Å². The Morgan fingerprint density at radius 1 is 0.917 bits per heavy atom. The van der Waals surface area contributed by atoms with E-state index in [1.165, 1.54) is 5.56 Å². The molecule has 1 aliphatic heterocycles. The number of rotatable bonds is 5. The van der Waals surface area contributed by atoms with E-state index in [2.05, 4.69) is 55.3 Å². The molecule has 1 N–H and O–H groups in total. The van der Waals surface area contributed by atoms with Crippen molar-refractivity contribution in [3.05, 3.63) is 64.6 Å². The molecule has 0 bridgehead atoms. The van der Waals surface area contributed by atoms with Gasteiger partial charge in [-0.1, -0.05) is 42.5 Å². The van der Waals surface area contributed by atoms with Gasteiger partial charge in [0, 0.05) is 37.2 Å². The van der Waals surface area contributed by atoms with Gasteiger partial charge in [-0.15, -0.1) is 0 Å². The summed E-state index contributed by atoms with van der Waals surface area (Å²) in [4.78, 5) is 16.9. The Hall–Kier alpha value is -1.69. The van der Waals surface area contributed by atoms with Gasteiger partial charge in [-0.3, -0.25) is 14.6 Å². The number of carbonyl (C=O) groups excluding carboxylic acids is 1. The molecule has 1 amide bonds. The molecule has 24 heavy (non-hydrogen) atoms. The van der Waals surface area contributed by atoms with Crippen molar-refractivity contribution in [1.29, 1.82) is 0 Å². The average molecular weight is 388 g/mol. The Morgan fingerprint density at radius 2 is 1.54 bits per heavy atom. The molecule has 126 valence electrons. The number of anilines is 1. The van der Waals surface area contributed by atoms with Crippen molar-refractivity contribution >= 4 is 27.5 Å². The molecular formula is C19H22BrN3O. The number of nitrogens with zero attached hydrogens (tertiary/aromatic N) is 2. The van der Waals surface area contributed by atoms with E-state index in [1.807, 2.05) is 30.3 Å². The molecule has 0 atom stereocenters. The zero-order valence-corrected chi connectivity index (χ0v) is 15.2. The Kier molecular flexibility index (Phi) is 6.01. The summed E-state index contributed by atoms with van der Waals surface area (Å²) in [7, 11) is 0. The standard InChI is InChI=1S/C19H22BrN3O/c20-17-8-4-5-9-18(17)21-19(24)15-23-12-10-22(11-13-23)14-16-6-2-1-3-7-16/h1-9H,10-15H2,(H,21,24). The lowest BCUT2D eigenvalue weighted by atomic mass is 10.2. The third-order valence-electron chi connectivity index (χ3n) is 4.23. The van der Waals surface area contributed by atoms with Crippen LogP contribution in [0.1, 0.15) is 5.56 Å². The third-order valence-corrected chi connectivity index (χ3v) is 4.92. The van der Waals surface area contributed by atoms with E-state index in [0.29, 0.717) is 6.54 Å². The highest BCUT2D eigenvalue weighted by atomic mass is 79.9. The largest absolute Gasteiger partial charge is 0.324 e. The summed E-state index contributed by atoms with van der Waals surface area (Å²) in [6.45, 7) is 5.28. The first-order valence-corrected chi connectivity index (χ1v) is 9.03. The van der Waals surface area contributed by atoms with E-state index in [0.717, 1.165) is 42.9 Å². The number of benzene rings is 2. The number of carbonyl (C=O) groups is 1. The minimum absolute atomic E-state index is 0.0402. The van der Waals surface area contributed by atoms with Crippen molar-refractivity contribution in [3.8, 4) is 0 Å². The quantitative estimate of drug-likeness (QED) is 0.855. The van der Waals surface area contributed by atoms with E-state index < -0.39 is 0 Å². The van der Waals surface area contributed by atoms with Crippen LogP contribution in [0.15, 0.2) is 59.1 Å². The van der Waals surface area contributed by atoms with Gasteiger partial charge < -0.3 is 5.32 Å². The molecule has 4 nitrogen and oxygen atoms in total. The van der Waals surface area contributed by atoms with Gasteiger partial charge in [-0.05, 0) is 33.6 Å². The fraction of sp³-hybridized carbons (Fsp3) is 0.316. The van der Waals surface area contributed by atoms with Gasteiger partial charge in [0.1, 0.15) is 0 Å². The van der Waals surface area contributed by atoms with Gasteiger partial charge in [0.15, 0.2) is 0 Å². The van der Waals surface area contributed by atoms with Crippen LogP contribution in [0, 0.1) is 0 Å². The van der Waals surface area contributed by atoms with Crippen LogP contribution in [0.4, 0.5) is 5.69 Å². The van der Waals surface area contributed by atoms with Gasteiger partial charge in [0.25, 0.3) is 0 Å². The lowest BCUT2D eigenvalue weighted by Crippen LogP contribution is -2.48. The maximum atomic E-state index is 12.2. The Morgan fingerprint density at radius 3 is 2.25 bits per heavy atom. The second-order valence-corrected chi connectivity index (χ2v) is 6.92. The highest BCUT2D eigenvalue weighted by molar-refractivity contribution is 9.10. The van der Waals surface area contributed by atoms with E-state index >= 15 is 0 Å². The highest BCUT2D eigenvalue weighted by Gasteiger charge is 2.19. The molecule has 0 saturated carbocycles. The van der Waals surface area contributed by atoms with Crippen molar-refractivity contribution < 1.29 is 4.79 Å². The molecule has 2 aromatic carbocycles. The third kappa shape index (κ3) is 4.90. The molecule has 3 rings (SSSR count). The van der Waals surface area contributed by atoms with E-state index in [9.17, 15) is 4.79 Å². The van der Waals surface area contributed by atoms with Crippen LogP contribution < -0.4 is 5.32 Å². The molecule has 0 unspecified atom stereocenters. The van der Waals surface area contributed by atoms with E-state index in [-0.39, 0.29) is 5.91 Å². The molecule has 1 fully saturated rings. The maximum Gasteiger partial charge on any atom is 0.238 e. The van der Waals surface area contributed by atoms with Crippen molar-refractivity contribution in [1.82, 2.24) is 9.80 Å². The Balaban J connectivity index is 1.43. The number of hydrogen-bond acceptors (Lipinski definition) is 3. The summed E-state index contributed by atoms with van der Waals surface area (Å²) in [6.07, 6.45) is 0. The first kappa shape index (κ1) is 17.1. The minimum atomic E-state index is 0.0402. The first-order valence-electron chi connectivity index (χ1n) is 8.24. The fourth-order valence-electron chi connectivity index (χ4n) is 2.90. The SMILES string of the molecule is O=C(CN1CCN(Cc2ccccc2)CC1)Nc1ccccc1Br. The molecule has 0 radical (unpaired) electrons.